The number of esters is 1. The van der Waals surface area contributed by atoms with Crippen molar-refractivity contribution in [3.8, 4) is 5.75 Å². The van der Waals surface area contributed by atoms with Crippen LogP contribution in [0.25, 0.3) is 0 Å². The summed E-state index contributed by atoms with van der Waals surface area (Å²) in [6, 6.07) is 3.57. The third-order valence-corrected chi connectivity index (χ3v) is 7.98. The summed E-state index contributed by atoms with van der Waals surface area (Å²) >= 11 is 0. The first-order valence-electron chi connectivity index (χ1n) is 18.4. The Kier molecular flexibility index (Phi) is 22.0. The Bertz CT molecular complexity index is 1390. The van der Waals surface area contributed by atoms with E-state index in [1.165, 1.54) is 19.1 Å². The zero-order valence-corrected chi connectivity index (χ0v) is 32.3. The number of nitrogens with one attached hydrogen (secondary N) is 3. The van der Waals surface area contributed by atoms with Gasteiger partial charge in [0.25, 0.3) is 0 Å². The van der Waals surface area contributed by atoms with E-state index in [0.717, 1.165) is 0 Å². The average molecular weight is 784 g/mol. The topological polar surface area (TPSA) is 244 Å². The standard InChI is InChI=1S/C37H57N3O15/c1-23(2)29(43)8-10-49-12-14-51-16-17-52-15-13-50-11-9-32(44)40-35(24(3)4)36(46)38-21-33(45)39-28-7-6-26(22-53-25(5)41)18-30(28)54-34-20-27(42)19-31(55-34)37(47)48/h6-7,18,23-24,27,31,34-35,42H,8-17,19-22H2,1-5H3,(H,38,46)(H,39,45)(H,40,44)(H,47,48). The van der Waals surface area contributed by atoms with Gasteiger partial charge in [-0.1, -0.05) is 33.8 Å². The second-order valence-electron chi connectivity index (χ2n) is 13.4. The highest BCUT2D eigenvalue weighted by molar-refractivity contribution is 5.97. The van der Waals surface area contributed by atoms with E-state index >= 15 is 0 Å². The summed E-state index contributed by atoms with van der Waals surface area (Å²) in [5.41, 5.74) is 0.632. The van der Waals surface area contributed by atoms with Gasteiger partial charge in [0.1, 0.15) is 24.2 Å². The fourth-order valence-electron chi connectivity index (χ4n) is 4.92. The first-order valence-corrected chi connectivity index (χ1v) is 18.4. The van der Waals surface area contributed by atoms with Crippen molar-refractivity contribution in [3.05, 3.63) is 23.8 Å². The number of rotatable bonds is 27. The molecule has 1 fully saturated rings. The Morgan fingerprint density at radius 2 is 1.44 bits per heavy atom. The number of hydrogen-bond acceptors (Lipinski definition) is 14. The summed E-state index contributed by atoms with van der Waals surface area (Å²) in [6.45, 7) is 10.4. The van der Waals surface area contributed by atoms with Gasteiger partial charge in [0.2, 0.25) is 24.0 Å². The molecular weight excluding hydrogens is 726 g/mol. The minimum atomic E-state index is -1.30. The lowest BCUT2D eigenvalue weighted by molar-refractivity contribution is -0.195. The Hall–Kier alpha value is -4.20. The predicted octanol–water partition coefficient (Wildman–Crippen LogP) is 1.35. The number of ketones is 1. The maximum Gasteiger partial charge on any atom is 0.333 e. The number of ether oxygens (including phenoxy) is 7. The van der Waals surface area contributed by atoms with Gasteiger partial charge >= 0.3 is 11.9 Å². The smallest absolute Gasteiger partial charge is 0.333 e. The van der Waals surface area contributed by atoms with E-state index in [1.54, 1.807) is 19.9 Å². The van der Waals surface area contributed by atoms with Crippen LogP contribution in [0, 0.1) is 11.8 Å². The molecule has 55 heavy (non-hydrogen) atoms. The SMILES string of the molecule is CC(=O)OCc1ccc(NC(=O)CNC(=O)C(NC(=O)CCOCCOCCOCCOCCC(=O)C(C)C)C(C)C)c(OC2CC(O)CC(C(=O)O)O2)c1. The van der Waals surface area contributed by atoms with Crippen LogP contribution < -0.4 is 20.7 Å². The third-order valence-electron chi connectivity index (χ3n) is 7.98. The second kappa shape index (κ2) is 25.8. The summed E-state index contributed by atoms with van der Waals surface area (Å²) < 4.78 is 38.0. The fourth-order valence-corrected chi connectivity index (χ4v) is 4.92. The lowest BCUT2D eigenvalue weighted by Crippen LogP contribution is -2.51. The van der Waals surface area contributed by atoms with Crippen LogP contribution >= 0.6 is 0 Å². The van der Waals surface area contributed by atoms with Gasteiger partial charge < -0.3 is 59.3 Å². The molecule has 1 heterocycles. The van der Waals surface area contributed by atoms with E-state index in [0.29, 0.717) is 51.6 Å². The molecule has 5 N–H and O–H groups in total. The average Bonchev–Trinajstić information content (AvgIpc) is 3.12. The minimum Gasteiger partial charge on any atom is -0.479 e. The van der Waals surface area contributed by atoms with E-state index in [1.807, 2.05) is 13.8 Å². The van der Waals surface area contributed by atoms with Gasteiger partial charge in [-0.05, 0) is 23.6 Å². The summed E-state index contributed by atoms with van der Waals surface area (Å²) in [5.74, 6) is -3.52. The van der Waals surface area contributed by atoms with Crippen LogP contribution in [-0.4, -0.2) is 130 Å². The van der Waals surface area contributed by atoms with Gasteiger partial charge in [-0.3, -0.25) is 24.0 Å². The highest BCUT2D eigenvalue weighted by Crippen LogP contribution is 2.31. The molecule has 0 radical (unpaired) electrons. The lowest BCUT2D eigenvalue weighted by atomic mass is 10.0. The molecule has 1 aliphatic rings. The number of aliphatic hydroxyl groups is 1. The summed E-state index contributed by atoms with van der Waals surface area (Å²) in [7, 11) is 0. The third kappa shape index (κ3) is 19.8. The number of anilines is 1. The first kappa shape index (κ1) is 47.0. The van der Waals surface area contributed by atoms with Crippen molar-refractivity contribution in [2.75, 3.05) is 64.7 Å². The molecule has 1 saturated heterocycles. The molecule has 1 aromatic carbocycles. The highest BCUT2D eigenvalue weighted by Gasteiger charge is 2.34. The zero-order valence-electron chi connectivity index (χ0n) is 32.3. The molecule has 4 unspecified atom stereocenters. The molecule has 1 aromatic rings. The van der Waals surface area contributed by atoms with E-state index in [-0.39, 0.29) is 68.1 Å². The number of amides is 3. The first-order chi connectivity index (χ1) is 26.2. The normalized spacial score (nSPS) is 17.3. The highest BCUT2D eigenvalue weighted by atomic mass is 16.7. The molecule has 18 nitrogen and oxygen atoms in total. The number of aliphatic hydroxyl groups excluding tert-OH is 1. The second-order valence-corrected chi connectivity index (χ2v) is 13.4. The van der Waals surface area contributed by atoms with Crippen LogP contribution in [0.5, 0.6) is 5.75 Å². The largest absolute Gasteiger partial charge is 0.479 e. The number of hydrogen-bond donors (Lipinski definition) is 5. The molecule has 0 aromatic heterocycles. The van der Waals surface area contributed by atoms with Crippen molar-refractivity contribution in [1.29, 1.82) is 0 Å². The van der Waals surface area contributed by atoms with Crippen molar-refractivity contribution in [2.24, 2.45) is 11.8 Å². The molecule has 18 heteroatoms. The maximum atomic E-state index is 13.0. The van der Waals surface area contributed by atoms with Crippen LogP contribution in [0.3, 0.4) is 0 Å². The molecule has 0 saturated carbocycles. The van der Waals surface area contributed by atoms with Crippen LogP contribution in [-0.2, 0) is 63.8 Å². The van der Waals surface area contributed by atoms with Gasteiger partial charge in [-0.15, -0.1) is 0 Å². The molecular formula is C37H57N3O15. The van der Waals surface area contributed by atoms with Crippen molar-refractivity contribution < 1.29 is 72.1 Å². The van der Waals surface area contributed by atoms with E-state index in [9.17, 15) is 39.0 Å². The van der Waals surface area contributed by atoms with Crippen LogP contribution in [0.2, 0.25) is 0 Å². The van der Waals surface area contributed by atoms with Crippen molar-refractivity contribution in [3.63, 3.8) is 0 Å². The Balaban J connectivity index is 1.74. The molecule has 0 aliphatic carbocycles. The minimum absolute atomic E-state index is 0.00428. The van der Waals surface area contributed by atoms with Gasteiger partial charge in [-0.25, -0.2) is 4.79 Å². The van der Waals surface area contributed by atoms with Crippen molar-refractivity contribution in [1.82, 2.24) is 10.6 Å². The van der Waals surface area contributed by atoms with Gasteiger partial charge in [0, 0.05) is 38.5 Å². The number of Topliss-reactive ketones (excluding diaryl/α,β-unsaturated/α-hetero) is 1. The molecule has 4 atom stereocenters. The van der Waals surface area contributed by atoms with Crippen LogP contribution in [0.15, 0.2) is 18.2 Å². The van der Waals surface area contributed by atoms with Crippen LogP contribution in [0.1, 0.15) is 65.9 Å². The van der Waals surface area contributed by atoms with E-state index in [4.69, 9.17) is 33.2 Å². The van der Waals surface area contributed by atoms with E-state index in [2.05, 4.69) is 16.0 Å². The summed E-state index contributed by atoms with van der Waals surface area (Å²) in [4.78, 5) is 72.8. The lowest BCUT2D eigenvalue weighted by Gasteiger charge is -2.31. The monoisotopic (exact) mass is 783 g/mol. The van der Waals surface area contributed by atoms with Crippen molar-refractivity contribution >= 4 is 41.1 Å². The molecule has 0 bridgehead atoms. The van der Waals surface area contributed by atoms with Gasteiger partial charge in [-0.2, -0.15) is 0 Å². The fraction of sp³-hybridized carbons (Fsp3) is 0.676. The molecule has 3 amide bonds. The molecule has 1 aliphatic heterocycles. The Labute approximate surface area is 321 Å². The quantitative estimate of drug-likeness (QED) is 0.0625. The summed E-state index contributed by atoms with van der Waals surface area (Å²) in [5, 5.41) is 27.3. The molecule has 310 valence electrons. The maximum absolute atomic E-state index is 13.0. The number of aliphatic carboxylic acids is 1. The zero-order chi connectivity index (χ0) is 40.8. The number of carboxylic acid groups (broad SMARTS) is 1. The predicted molar refractivity (Wildman–Crippen MR) is 195 cm³/mol. The number of benzene rings is 1. The van der Waals surface area contributed by atoms with E-state index < -0.39 is 60.7 Å². The number of carbonyl (C=O) groups is 6. The Morgan fingerprint density at radius 3 is 2.00 bits per heavy atom. The van der Waals surface area contributed by atoms with Crippen LogP contribution in [0.4, 0.5) is 5.69 Å². The van der Waals surface area contributed by atoms with Gasteiger partial charge in [0.05, 0.1) is 71.2 Å². The molecule has 2 rings (SSSR count). The Morgan fingerprint density at radius 1 is 0.836 bits per heavy atom. The van der Waals surface area contributed by atoms with Gasteiger partial charge in [0.15, 0.2) is 6.10 Å². The number of carboxylic acids is 1. The van der Waals surface area contributed by atoms with Crippen molar-refractivity contribution in [2.45, 2.75) is 91.4 Å². The summed E-state index contributed by atoms with van der Waals surface area (Å²) in [6.07, 6.45) is -3.25. The molecule has 0 spiro atoms. The number of carbonyl (C=O) groups excluding carboxylic acids is 5.